The number of alkyl halides is 3. The van der Waals surface area contributed by atoms with Gasteiger partial charge in [0.1, 0.15) is 6.04 Å². The number of aromatic nitrogens is 2. The molecule has 2 aromatic rings. The van der Waals surface area contributed by atoms with Crippen molar-refractivity contribution in [2.75, 3.05) is 52.4 Å². The van der Waals surface area contributed by atoms with E-state index < -0.39 is 24.1 Å². The Balaban J connectivity index is 0.000000472. The fourth-order valence-corrected chi connectivity index (χ4v) is 6.68. The monoisotopic (exact) mass is 609 g/mol. The number of nitrogens with one attached hydrogen (secondary N) is 2. The van der Waals surface area contributed by atoms with Gasteiger partial charge in [0.2, 0.25) is 11.8 Å². The number of carboxylic acid groups (broad SMARTS) is 1. The first kappa shape index (κ1) is 31.2. The Morgan fingerprint density at radius 2 is 1.60 bits per heavy atom. The summed E-state index contributed by atoms with van der Waals surface area (Å²) >= 11 is 0. The molecule has 6 rings (SSSR count). The molecule has 4 saturated heterocycles. The Bertz CT molecular complexity index is 1400. The van der Waals surface area contributed by atoms with Gasteiger partial charge in [-0.15, -0.1) is 0 Å². The first-order valence-corrected chi connectivity index (χ1v) is 14.7. The predicted octanol–water partition coefficient (Wildman–Crippen LogP) is 0.505. The molecule has 1 unspecified atom stereocenters. The van der Waals surface area contributed by atoms with Crippen molar-refractivity contribution in [1.82, 2.24) is 34.5 Å². The number of hydrogen-bond acceptors (Lipinski definition) is 8. The molecule has 1 atom stereocenters. The highest BCUT2D eigenvalue weighted by Crippen LogP contribution is 2.28. The van der Waals surface area contributed by atoms with E-state index in [1.165, 1.54) is 39.0 Å². The topological polar surface area (TPSA) is 132 Å². The van der Waals surface area contributed by atoms with Crippen LogP contribution in [0.2, 0.25) is 0 Å². The molecule has 15 heteroatoms. The number of piperazine rings is 1. The number of likely N-dealkylation sites (tertiary alicyclic amines) is 2. The number of imide groups is 1. The number of imidazole rings is 1. The van der Waals surface area contributed by atoms with Crippen molar-refractivity contribution < 1.29 is 32.7 Å². The van der Waals surface area contributed by atoms with Crippen LogP contribution in [0, 0.1) is 0 Å². The molecule has 236 valence electrons. The summed E-state index contributed by atoms with van der Waals surface area (Å²) in [7, 11) is 1.78. The first-order valence-electron chi connectivity index (χ1n) is 14.7. The van der Waals surface area contributed by atoms with Crippen LogP contribution in [0.4, 0.5) is 13.2 Å². The Morgan fingerprint density at radius 1 is 0.977 bits per heavy atom. The molecule has 2 amide bonds. The zero-order valence-electron chi connectivity index (χ0n) is 24.1. The number of fused-ring (bicyclic) bond motifs is 1. The maximum absolute atomic E-state index is 13.2. The minimum atomic E-state index is -5.08. The van der Waals surface area contributed by atoms with Crippen molar-refractivity contribution in [3.05, 3.63) is 34.2 Å². The second-order valence-electron chi connectivity index (χ2n) is 11.7. The van der Waals surface area contributed by atoms with Crippen molar-refractivity contribution in [3.8, 4) is 0 Å². The number of piperidine rings is 2. The van der Waals surface area contributed by atoms with E-state index in [9.17, 15) is 27.6 Å². The average molecular weight is 610 g/mol. The Hall–Kier alpha value is -3.27. The van der Waals surface area contributed by atoms with Crippen LogP contribution < -0.4 is 16.3 Å². The normalized spacial score (nSPS) is 23.5. The smallest absolute Gasteiger partial charge is 0.475 e. The molecule has 0 radical (unpaired) electrons. The zero-order valence-corrected chi connectivity index (χ0v) is 24.1. The third kappa shape index (κ3) is 6.79. The van der Waals surface area contributed by atoms with Gasteiger partial charge in [-0.3, -0.25) is 38.7 Å². The van der Waals surface area contributed by atoms with E-state index in [2.05, 4.69) is 31.4 Å². The minimum absolute atomic E-state index is 0.208. The molecule has 4 fully saturated rings. The number of carbonyl (C=O) groups is 3. The average Bonchev–Trinajstić information content (AvgIpc) is 3.21. The number of benzene rings is 1. The molecule has 0 saturated carbocycles. The van der Waals surface area contributed by atoms with Gasteiger partial charge in [0.05, 0.1) is 11.0 Å². The number of carboxylic acids is 1. The van der Waals surface area contributed by atoms with Gasteiger partial charge in [0.25, 0.3) is 0 Å². The molecule has 12 nitrogen and oxygen atoms in total. The largest absolute Gasteiger partial charge is 0.490 e. The molecule has 1 aromatic heterocycles. The van der Waals surface area contributed by atoms with Gasteiger partial charge in [-0.25, -0.2) is 9.59 Å². The van der Waals surface area contributed by atoms with Crippen LogP contribution in [-0.2, 0) is 28.0 Å². The van der Waals surface area contributed by atoms with E-state index in [1.807, 2.05) is 12.1 Å². The molecule has 3 N–H and O–H groups in total. The number of carbonyl (C=O) groups excluding carboxylic acids is 2. The predicted molar refractivity (Wildman–Crippen MR) is 150 cm³/mol. The summed E-state index contributed by atoms with van der Waals surface area (Å²) in [6.45, 7) is 9.87. The first-order chi connectivity index (χ1) is 20.4. The highest BCUT2D eigenvalue weighted by molar-refractivity contribution is 6.00. The molecular weight excluding hydrogens is 571 g/mol. The van der Waals surface area contributed by atoms with E-state index in [0.29, 0.717) is 12.5 Å². The minimum Gasteiger partial charge on any atom is -0.475 e. The van der Waals surface area contributed by atoms with Gasteiger partial charge in [-0.2, -0.15) is 13.2 Å². The molecule has 0 bridgehead atoms. The number of rotatable bonds is 5. The lowest BCUT2D eigenvalue weighted by Gasteiger charge is -2.49. The molecule has 5 heterocycles. The van der Waals surface area contributed by atoms with E-state index in [-0.39, 0.29) is 18.0 Å². The number of halogens is 3. The van der Waals surface area contributed by atoms with E-state index >= 15 is 0 Å². The standard InChI is InChI=1S/C26H37N7O3.C2HF3O2/c1-29-24-18(3-2-4-21(24)33(26(29)36)22-5-6-23(34)28-25(22)35)15-30-16-20(17-30)31-11-7-19(8-12-31)32-13-9-27-10-14-32;3-2(4,5)1(6)7/h2-4,19-20,22,27H,5-17H2,1H3,(H,28,34,35);(H,6,7). The zero-order chi connectivity index (χ0) is 30.9. The highest BCUT2D eigenvalue weighted by atomic mass is 19.4. The summed E-state index contributed by atoms with van der Waals surface area (Å²) < 4.78 is 35.0. The van der Waals surface area contributed by atoms with Gasteiger partial charge < -0.3 is 10.4 Å². The van der Waals surface area contributed by atoms with Gasteiger partial charge in [0.15, 0.2) is 0 Å². The summed E-state index contributed by atoms with van der Waals surface area (Å²) in [6.07, 6.45) is -1.94. The van der Waals surface area contributed by atoms with E-state index in [1.54, 1.807) is 16.2 Å². The van der Waals surface area contributed by atoms with Gasteiger partial charge in [0, 0.05) is 84.5 Å². The molecule has 0 spiro atoms. The number of aliphatic carboxylic acids is 1. The highest BCUT2D eigenvalue weighted by Gasteiger charge is 2.38. The van der Waals surface area contributed by atoms with Crippen molar-refractivity contribution >= 4 is 28.8 Å². The second-order valence-corrected chi connectivity index (χ2v) is 11.7. The van der Waals surface area contributed by atoms with E-state index in [4.69, 9.17) is 9.90 Å². The second kappa shape index (κ2) is 12.8. The van der Waals surface area contributed by atoms with Crippen molar-refractivity contribution in [2.45, 2.75) is 56.5 Å². The van der Waals surface area contributed by atoms with E-state index in [0.717, 1.165) is 55.4 Å². The van der Waals surface area contributed by atoms with Crippen LogP contribution in [0.5, 0.6) is 0 Å². The van der Waals surface area contributed by atoms with Crippen LogP contribution >= 0.6 is 0 Å². The van der Waals surface area contributed by atoms with Crippen molar-refractivity contribution in [1.29, 1.82) is 0 Å². The van der Waals surface area contributed by atoms with Gasteiger partial charge in [-0.05, 0) is 30.9 Å². The van der Waals surface area contributed by atoms with Crippen LogP contribution in [0.15, 0.2) is 23.0 Å². The lowest BCUT2D eigenvalue weighted by molar-refractivity contribution is -0.192. The van der Waals surface area contributed by atoms with Crippen LogP contribution in [0.25, 0.3) is 11.0 Å². The fraction of sp³-hybridized carbons (Fsp3) is 0.643. The van der Waals surface area contributed by atoms with Crippen LogP contribution in [0.3, 0.4) is 0 Å². The lowest BCUT2D eigenvalue weighted by Crippen LogP contribution is -2.61. The maximum atomic E-state index is 13.2. The Kier molecular flexibility index (Phi) is 9.25. The third-order valence-electron chi connectivity index (χ3n) is 8.97. The Morgan fingerprint density at radius 3 is 2.21 bits per heavy atom. The molecule has 4 aliphatic rings. The van der Waals surface area contributed by atoms with Crippen LogP contribution in [-0.4, -0.2) is 117 Å². The summed E-state index contributed by atoms with van der Waals surface area (Å²) in [6, 6.07) is 6.68. The number of para-hydroxylation sites is 1. The number of nitrogens with zero attached hydrogens (tertiary/aromatic N) is 5. The van der Waals surface area contributed by atoms with Crippen molar-refractivity contribution in [2.24, 2.45) is 7.05 Å². The molecule has 0 aliphatic carbocycles. The number of aryl methyl sites for hydroxylation is 1. The molecule has 1 aromatic carbocycles. The number of hydrogen-bond donors (Lipinski definition) is 3. The SMILES string of the molecule is Cn1c(=O)n(C2CCC(=O)NC2=O)c2cccc(CN3CC(N4CCC(N5CCNCC5)CC4)C3)c21.O=C(O)C(F)(F)F. The molecule has 43 heavy (non-hydrogen) atoms. The number of amides is 2. The summed E-state index contributed by atoms with van der Waals surface area (Å²) in [5.41, 5.74) is 2.55. The van der Waals surface area contributed by atoms with Crippen molar-refractivity contribution in [3.63, 3.8) is 0 Å². The lowest BCUT2D eigenvalue weighted by atomic mass is 9.97. The third-order valence-corrected chi connectivity index (χ3v) is 8.97. The quantitative estimate of drug-likeness (QED) is 0.415. The Labute approximate surface area is 246 Å². The molecule has 4 aliphatic heterocycles. The van der Waals surface area contributed by atoms with Gasteiger partial charge in [-0.1, -0.05) is 12.1 Å². The fourth-order valence-electron chi connectivity index (χ4n) is 6.68. The summed E-state index contributed by atoms with van der Waals surface area (Å²) in [5, 5.41) is 13.0. The summed E-state index contributed by atoms with van der Waals surface area (Å²) in [5.74, 6) is -3.42. The maximum Gasteiger partial charge on any atom is 0.490 e. The van der Waals surface area contributed by atoms with Crippen LogP contribution in [0.1, 0.15) is 37.3 Å². The summed E-state index contributed by atoms with van der Waals surface area (Å²) in [4.78, 5) is 54.0. The van der Waals surface area contributed by atoms with Gasteiger partial charge >= 0.3 is 17.8 Å². The molecular formula is C28H38F3N7O5.